The molecule has 0 radical (unpaired) electrons. The monoisotopic (exact) mass is 490 g/mol. The van der Waals surface area contributed by atoms with Crippen LogP contribution in [0.1, 0.15) is 11.1 Å². The number of benzene rings is 2. The molecule has 0 aliphatic rings. The van der Waals surface area contributed by atoms with E-state index in [1.54, 1.807) is 12.1 Å². The Hall–Kier alpha value is -2.46. The minimum Gasteiger partial charge on any atom is -0.780 e. The van der Waals surface area contributed by atoms with Gasteiger partial charge in [0.1, 0.15) is 15.6 Å². The first kappa shape index (κ1) is 25.8. The van der Waals surface area contributed by atoms with Gasteiger partial charge >= 0.3 is 0 Å². The van der Waals surface area contributed by atoms with Crippen molar-refractivity contribution in [1.82, 2.24) is 0 Å². The fourth-order valence-corrected chi connectivity index (χ4v) is 3.73. The first-order valence-electron chi connectivity index (χ1n) is 8.84. The van der Waals surface area contributed by atoms with Crippen LogP contribution < -0.4 is 47.6 Å². The molecule has 0 saturated heterocycles. The van der Waals surface area contributed by atoms with E-state index in [4.69, 9.17) is 18.9 Å². The number of rotatable bonds is 11. The lowest BCUT2D eigenvalue weighted by Gasteiger charge is -2.34. The van der Waals surface area contributed by atoms with Crippen LogP contribution in [0.2, 0.25) is 0 Å². The van der Waals surface area contributed by atoms with E-state index in [-0.39, 0.29) is 24.2 Å². The van der Waals surface area contributed by atoms with E-state index in [1.165, 1.54) is 33.5 Å². The number of methoxy groups -OCH3 is 4. The molecule has 32 heavy (non-hydrogen) atoms. The van der Waals surface area contributed by atoms with Gasteiger partial charge in [-0.25, -0.2) is 0 Å². The van der Waals surface area contributed by atoms with Gasteiger partial charge in [-0.1, -0.05) is 6.07 Å². The normalized spacial score (nSPS) is 11.6. The predicted octanol–water partition coefficient (Wildman–Crippen LogP) is -0.0788. The van der Waals surface area contributed by atoms with Gasteiger partial charge in [-0.2, -0.15) is 0 Å². The molecule has 0 bridgehead atoms. The van der Waals surface area contributed by atoms with E-state index in [0.29, 0.717) is 22.8 Å². The molecular formula is C18H20O12P2-4. The number of hydrogen-bond acceptors (Lipinski definition) is 12. The van der Waals surface area contributed by atoms with Gasteiger partial charge in [-0.3, -0.25) is 0 Å². The molecule has 0 saturated carbocycles. The predicted molar refractivity (Wildman–Crippen MR) is 103 cm³/mol. The summed E-state index contributed by atoms with van der Waals surface area (Å²) >= 11 is 0. The molecule has 0 heterocycles. The highest BCUT2D eigenvalue weighted by atomic mass is 31.2. The zero-order chi connectivity index (χ0) is 24.1. The van der Waals surface area contributed by atoms with Gasteiger partial charge < -0.3 is 56.7 Å². The summed E-state index contributed by atoms with van der Waals surface area (Å²) in [6.45, 7) is 0. The van der Waals surface area contributed by atoms with Gasteiger partial charge in [-0.05, 0) is 42.2 Å². The van der Waals surface area contributed by atoms with Crippen LogP contribution >= 0.6 is 15.6 Å². The fraction of sp³-hybridized carbons (Fsp3) is 0.333. The maximum absolute atomic E-state index is 11.3. The van der Waals surface area contributed by atoms with Crippen LogP contribution in [0, 0.1) is 0 Å². The van der Waals surface area contributed by atoms with Crippen LogP contribution in [0.4, 0.5) is 0 Å². The summed E-state index contributed by atoms with van der Waals surface area (Å²) in [4.78, 5) is 44.8. The third kappa shape index (κ3) is 6.77. The molecule has 178 valence electrons. The SMILES string of the molecule is COc1cc(CCc2ccc(OC)c(OP(=O)([O-])[O-])c2OP(=O)([O-])[O-])cc(OC)c1OC. The molecule has 0 amide bonds. The van der Waals surface area contributed by atoms with E-state index in [1.807, 2.05) is 0 Å². The van der Waals surface area contributed by atoms with Crippen LogP contribution in [-0.2, 0) is 22.0 Å². The summed E-state index contributed by atoms with van der Waals surface area (Å²) in [7, 11) is -5.87. The van der Waals surface area contributed by atoms with Gasteiger partial charge in [0.05, 0.1) is 28.4 Å². The number of ether oxygens (including phenoxy) is 4. The van der Waals surface area contributed by atoms with Crippen LogP contribution in [0.5, 0.6) is 34.5 Å². The fourth-order valence-electron chi connectivity index (χ4n) is 2.91. The Morgan fingerprint density at radius 1 is 0.656 bits per heavy atom. The van der Waals surface area contributed by atoms with E-state index in [0.717, 1.165) is 7.11 Å². The van der Waals surface area contributed by atoms with Crippen molar-refractivity contribution in [2.24, 2.45) is 0 Å². The van der Waals surface area contributed by atoms with Crippen molar-refractivity contribution in [2.45, 2.75) is 12.8 Å². The number of hydrogen-bond donors (Lipinski definition) is 0. The molecule has 0 fully saturated rings. The van der Waals surface area contributed by atoms with Crippen LogP contribution in [-0.4, -0.2) is 28.4 Å². The highest BCUT2D eigenvalue weighted by Crippen LogP contribution is 2.49. The van der Waals surface area contributed by atoms with Crippen LogP contribution in [0.15, 0.2) is 24.3 Å². The Labute approximate surface area is 184 Å². The van der Waals surface area contributed by atoms with Crippen molar-refractivity contribution in [2.75, 3.05) is 28.4 Å². The highest BCUT2D eigenvalue weighted by molar-refractivity contribution is 7.44. The minimum absolute atomic E-state index is 0.0380. The van der Waals surface area contributed by atoms with Crippen molar-refractivity contribution in [3.63, 3.8) is 0 Å². The summed E-state index contributed by atoms with van der Waals surface area (Å²) in [5.41, 5.74) is 0.726. The lowest BCUT2D eigenvalue weighted by molar-refractivity contribution is -0.337. The van der Waals surface area contributed by atoms with Crippen molar-refractivity contribution in [1.29, 1.82) is 0 Å². The molecule has 2 aromatic carbocycles. The van der Waals surface area contributed by atoms with Crippen molar-refractivity contribution in [3.05, 3.63) is 35.4 Å². The van der Waals surface area contributed by atoms with Crippen molar-refractivity contribution >= 4 is 15.6 Å². The largest absolute Gasteiger partial charge is 0.780 e. The quantitative estimate of drug-likeness (QED) is 0.383. The molecule has 14 heteroatoms. The molecule has 0 N–H and O–H groups in total. The smallest absolute Gasteiger partial charge is 0.208 e. The summed E-state index contributed by atoms with van der Waals surface area (Å²) < 4.78 is 51.9. The second-order valence-electron chi connectivity index (χ2n) is 6.20. The van der Waals surface area contributed by atoms with Crippen LogP contribution in [0.3, 0.4) is 0 Å². The second kappa shape index (κ2) is 10.4. The van der Waals surface area contributed by atoms with Gasteiger partial charge in [-0.15, -0.1) is 0 Å². The minimum atomic E-state index is -5.65. The molecule has 2 rings (SSSR count). The first-order valence-corrected chi connectivity index (χ1v) is 11.8. The first-order chi connectivity index (χ1) is 14.9. The Morgan fingerprint density at radius 2 is 1.16 bits per heavy atom. The van der Waals surface area contributed by atoms with E-state index in [2.05, 4.69) is 9.05 Å². The Balaban J connectivity index is 2.50. The molecular weight excluding hydrogens is 470 g/mol. The Kier molecular flexibility index (Phi) is 8.41. The third-order valence-corrected chi connectivity index (χ3v) is 5.00. The highest BCUT2D eigenvalue weighted by Gasteiger charge is 2.20. The molecule has 2 aromatic rings. The summed E-state index contributed by atoms with van der Waals surface area (Å²) in [6.07, 6.45) is 0.267. The number of phosphoric ester groups is 2. The average Bonchev–Trinajstić information content (AvgIpc) is 2.71. The maximum atomic E-state index is 11.3. The third-order valence-electron chi connectivity index (χ3n) is 4.19. The van der Waals surface area contributed by atoms with Crippen molar-refractivity contribution < 1.29 is 56.7 Å². The lowest BCUT2D eigenvalue weighted by atomic mass is 10.0. The van der Waals surface area contributed by atoms with Crippen LogP contribution in [0.25, 0.3) is 0 Å². The zero-order valence-electron chi connectivity index (χ0n) is 17.5. The van der Waals surface area contributed by atoms with Gasteiger partial charge in [0.15, 0.2) is 23.0 Å². The number of phosphoric acid groups is 2. The molecule has 0 unspecified atom stereocenters. The topological polar surface area (TPSA) is 182 Å². The molecule has 0 spiro atoms. The number of aryl methyl sites for hydroxylation is 2. The lowest BCUT2D eigenvalue weighted by Crippen LogP contribution is -2.22. The van der Waals surface area contributed by atoms with Gasteiger partial charge in [0, 0.05) is 0 Å². The van der Waals surface area contributed by atoms with Crippen molar-refractivity contribution in [3.8, 4) is 34.5 Å². The summed E-state index contributed by atoms with van der Waals surface area (Å²) in [5.74, 6) is -0.800. The van der Waals surface area contributed by atoms with E-state index >= 15 is 0 Å². The van der Waals surface area contributed by atoms with E-state index in [9.17, 15) is 28.7 Å². The molecule has 12 nitrogen and oxygen atoms in total. The molecule has 0 aromatic heterocycles. The second-order valence-corrected chi connectivity index (χ2v) is 8.35. The van der Waals surface area contributed by atoms with E-state index < -0.39 is 27.1 Å². The van der Waals surface area contributed by atoms with Gasteiger partial charge in [0.25, 0.3) is 0 Å². The average molecular weight is 490 g/mol. The summed E-state index contributed by atoms with van der Waals surface area (Å²) in [6, 6.07) is 5.88. The Bertz CT molecular complexity index is 1020. The molecule has 0 aliphatic carbocycles. The van der Waals surface area contributed by atoms with Gasteiger partial charge in [0.2, 0.25) is 11.5 Å². The molecule has 0 aliphatic heterocycles. The summed E-state index contributed by atoms with van der Waals surface area (Å²) in [5, 5.41) is 0. The zero-order valence-corrected chi connectivity index (χ0v) is 19.3. The maximum Gasteiger partial charge on any atom is 0.208 e. The molecule has 0 atom stereocenters. The standard InChI is InChI=1S/C18H24O12P2/c1-25-13-8-7-12(16(29-31(19,20)21)18(13)30-32(22,23)24)6-5-11-9-14(26-2)17(28-4)15(10-11)27-3/h7-10H,5-6H2,1-4H3,(H2,19,20,21)(H2,22,23,24)/p-4. The Morgan fingerprint density at radius 3 is 1.59 bits per heavy atom.